The molecular formula is C28H24N2O4S. The van der Waals surface area contributed by atoms with Gasteiger partial charge in [-0.1, -0.05) is 41.2 Å². The summed E-state index contributed by atoms with van der Waals surface area (Å²) in [5.41, 5.74) is 5.18. The van der Waals surface area contributed by atoms with Gasteiger partial charge < -0.3 is 9.84 Å². The zero-order valence-electron chi connectivity index (χ0n) is 19.8. The number of methoxy groups -OCH3 is 1. The molecular weight excluding hydrogens is 460 g/mol. The van der Waals surface area contributed by atoms with Gasteiger partial charge in [0.05, 0.1) is 28.9 Å². The van der Waals surface area contributed by atoms with E-state index in [1.807, 2.05) is 57.2 Å². The molecule has 0 bridgehead atoms. The number of anilines is 1. The second kappa shape index (κ2) is 8.67. The number of aromatic nitrogens is 1. The topological polar surface area (TPSA) is 79.7 Å². The number of carbonyl (C=O) groups excluding carboxylic acids is 2. The van der Waals surface area contributed by atoms with Gasteiger partial charge in [-0.2, -0.15) is 0 Å². The molecule has 5 rings (SSSR count). The van der Waals surface area contributed by atoms with E-state index >= 15 is 0 Å². The summed E-state index contributed by atoms with van der Waals surface area (Å²) in [6.45, 7) is 5.99. The van der Waals surface area contributed by atoms with Gasteiger partial charge in [0.15, 0.2) is 5.13 Å². The van der Waals surface area contributed by atoms with Crippen LogP contribution >= 0.6 is 11.3 Å². The van der Waals surface area contributed by atoms with Gasteiger partial charge in [-0.3, -0.25) is 14.5 Å². The Morgan fingerprint density at radius 2 is 1.71 bits per heavy atom. The zero-order valence-corrected chi connectivity index (χ0v) is 20.6. The van der Waals surface area contributed by atoms with Crippen molar-refractivity contribution in [3.63, 3.8) is 0 Å². The van der Waals surface area contributed by atoms with Crippen LogP contribution in [0.15, 0.2) is 66.2 Å². The van der Waals surface area contributed by atoms with Crippen molar-refractivity contribution >= 4 is 44.1 Å². The summed E-state index contributed by atoms with van der Waals surface area (Å²) >= 11 is 1.36. The Labute approximate surface area is 207 Å². The van der Waals surface area contributed by atoms with Crippen LogP contribution in [0, 0.1) is 20.8 Å². The number of fused-ring (bicyclic) bond motifs is 1. The van der Waals surface area contributed by atoms with E-state index in [0.717, 1.165) is 32.5 Å². The smallest absolute Gasteiger partial charge is 0.301 e. The minimum Gasteiger partial charge on any atom is -0.507 e. The van der Waals surface area contributed by atoms with Gasteiger partial charge in [0.1, 0.15) is 11.5 Å². The number of rotatable bonds is 4. The fourth-order valence-corrected chi connectivity index (χ4v) is 5.43. The number of benzene rings is 3. The standard InChI is InChI=1S/C28H24N2O4S/c1-15-6-5-7-19(12-15)24-23(25(31)18-8-10-20(34-4)11-9-18)26(32)27(33)30(24)28-29-21-13-16(2)17(3)14-22(21)35-28/h5-14,24,31H,1-4H3/b25-23+. The molecule has 1 fully saturated rings. The Balaban J connectivity index is 1.72. The molecule has 1 aromatic heterocycles. The van der Waals surface area contributed by atoms with E-state index in [2.05, 4.69) is 0 Å². The largest absolute Gasteiger partial charge is 0.507 e. The first-order valence-electron chi connectivity index (χ1n) is 11.2. The predicted octanol–water partition coefficient (Wildman–Crippen LogP) is 5.86. The van der Waals surface area contributed by atoms with Crippen molar-refractivity contribution in [1.82, 2.24) is 4.98 Å². The lowest BCUT2D eigenvalue weighted by atomic mass is 9.94. The molecule has 0 aliphatic carbocycles. The number of hydrogen-bond donors (Lipinski definition) is 1. The second-order valence-electron chi connectivity index (χ2n) is 8.71. The van der Waals surface area contributed by atoms with Crippen molar-refractivity contribution in [2.24, 2.45) is 0 Å². The van der Waals surface area contributed by atoms with Gasteiger partial charge in [-0.25, -0.2) is 4.98 Å². The third-order valence-corrected chi connectivity index (χ3v) is 7.38. The summed E-state index contributed by atoms with van der Waals surface area (Å²) < 4.78 is 6.14. The third-order valence-electron chi connectivity index (χ3n) is 6.36. The van der Waals surface area contributed by atoms with Crippen LogP contribution in [0.1, 0.15) is 33.9 Å². The van der Waals surface area contributed by atoms with Crippen LogP contribution in [0.4, 0.5) is 5.13 Å². The highest BCUT2D eigenvalue weighted by atomic mass is 32.1. The van der Waals surface area contributed by atoms with E-state index in [1.165, 1.54) is 16.2 Å². The first-order chi connectivity index (χ1) is 16.8. The molecule has 1 aliphatic heterocycles. The van der Waals surface area contributed by atoms with Crippen LogP contribution in [0.5, 0.6) is 5.75 Å². The average Bonchev–Trinajstić information content (AvgIpc) is 3.36. The Morgan fingerprint density at radius 1 is 1.00 bits per heavy atom. The summed E-state index contributed by atoms with van der Waals surface area (Å²) in [4.78, 5) is 32.9. The van der Waals surface area contributed by atoms with Gasteiger partial charge in [0.25, 0.3) is 5.78 Å². The highest BCUT2D eigenvalue weighted by Gasteiger charge is 2.48. The molecule has 35 heavy (non-hydrogen) atoms. The summed E-state index contributed by atoms with van der Waals surface area (Å²) in [7, 11) is 1.55. The second-order valence-corrected chi connectivity index (χ2v) is 9.72. The Morgan fingerprint density at radius 3 is 2.40 bits per heavy atom. The molecule has 2 heterocycles. The Bertz CT molecular complexity index is 1480. The number of Topliss-reactive ketones (excluding diaryl/α,β-unsaturated/α-hetero) is 1. The van der Waals surface area contributed by atoms with Gasteiger partial charge in [0, 0.05) is 5.56 Å². The van der Waals surface area contributed by atoms with Crippen molar-refractivity contribution in [3.05, 3.63) is 94.1 Å². The predicted molar refractivity (Wildman–Crippen MR) is 138 cm³/mol. The lowest BCUT2D eigenvalue weighted by Crippen LogP contribution is -2.29. The molecule has 1 aliphatic rings. The van der Waals surface area contributed by atoms with Gasteiger partial charge in [-0.15, -0.1) is 0 Å². The van der Waals surface area contributed by atoms with E-state index in [-0.39, 0.29) is 11.3 Å². The molecule has 7 heteroatoms. The van der Waals surface area contributed by atoms with Crippen molar-refractivity contribution in [3.8, 4) is 5.75 Å². The van der Waals surface area contributed by atoms with E-state index in [9.17, 15) is 14.7 Å². The Hall–Kier alpha value is -3.97. The highest BCUT2D eigenvalue weighted by molar-refractivity contribution is 7.22. The van der Waals surface area contributed by atoms with Crippen LogP contribution in [-0.4, -0.2) is 28.9 Å². The maximum Gasteiger partial charge on any atom is 0.301 e. The number of carbonyl (C=O) groups is 2. The maximum absolute atomic E-state index is 13.4. The summed E-state index contributed by atoms with van der Waals surface area (Å²) in [6, 6.07) is 17.6. The minimum atomic E-state index is -0.806. The molecule has 1 amide bonds. The van der Waals surface area contributed by atoms with Crippen molar-refractivity contribution in [2.45, 2.75) is 26.8 Å². The number of nitrogens with zero attached hydrogens (tertiary/aromatic N) is 2. The number of aryl methyl sites for hydroxylation is 3. The summed E-state index contributed by atoms with van der Waals surface area (Å²) in [6.07, 6.45) is 0. The fourth-order valence-electron chi connectivity index (χ4n) is 4.36. The molecule has 1 atom stereocenters. The van der Waals surface area contributed by atoms with Crippen molar-refractivity contribution in [2.75, 3.05) is 12.0 Å². The average molecular weight is 485 g/mol. The van der Waals surface area contributed by atoms with Crippen molar-refractivity contribution in [1.29, 1.82) is 0 Å². The molecule has 0 spiro atoms. The highest BCUT2D eigenvalue weighted by Crippen LogP contribution is 2.44. The number of amides is 1. The number of aliphatic hydroxyl groups excluding tert-OH is 1. The first kappa shape index (κ1) is 22.8. The number of ketones is 1. The minimum absolute atomic E-state index is 0.0392. The number of ether oxygens (including phenoxy) is 1. The monoisotopic (exact) mass is 484 g/mol. The van der Waals surface area contributed by atoms with E-state index < -0.39 is 17.7 Å². The van der Waals surface area contributed by atoms with E-state index in [4.69, 9.17) is 9.72 Å². The fraction of sp³-hybridized carbons (Fsp3) is 0.179. The SMILES string of the molecule is COc1ccc(/C(O)=C2\C(=O)C(=O)N(c3nc4cc(C)c(C)cc4s3)C2c2cccc(C)c2)cc1. The first-order valence-corrected chi connectivity index (χ1v) is 12.0. The van der Waals surface area contributed by atoms with Gasteiger partial charge >= 0.3 is 5.91 Å². The van der Waals surface area contributed by atoms with Crippen LogP contribution in [-0.2, 0) is 9.59 Å². The maximum atomic E-state index is 13.4. The van der Waals surface area contributed by atoms with Crippen LogP contribution in [0.3, 0.4) is 0 Å². The molecule has 3 aromatic carbocycles. The molecule has 4 aromatic rings. The molecule has 1 unspecified atom stereocenters. The number of hydrogen-bond acceptors (Lipinski definition) is 6. The molecule has 1 N–H and O–H groups in total. The lowest BCUT2D eigenvalue weighted by molar-refractivity contribution is -0.132. The quantitative estimate of drug-likeness (QED) is 0.223. The van der Waals surface area contributed by atoms with Gasteiger partial charge in [0.2, 0.25) is 0 Å². The van der Waals surface area contributed by atoms with Crippen LogP contribution in [0.2, 0.25) is 0 Å². The molecule has 176 valence electrons. The Kier molecular flexibility index (Phi) is 5.65. The lowest BCUT2D eigenvalue weighted by Gasteiger charge is -2.23. The summed E-state index contributed by atoms with van der Waals surface area (Å²) in [5, 5.41) is 11.7. The normalized spacial score (nSPS) is 17.4. The van der Waals surface area contributed by atoms with E-state index in [1.54, 1.807) is 31.4 Å². The third kappa shape index (κ3) is 3.88. The van der Waals surface area contributed by atoms with Gasteiger partial charge in [-0.05, 0) is 73.9 Å². The van der Waals surface area contributed by atoms with E-state index in [0.29, 0.717) is 16.4 Å². The molecule has 1 saturated heterocycles. The molecule has 0 saturated carbocycles. The van der Waals surface area contributed by atoms with Crippen LogP contribution < -0.4 is 9.64 Å². The number of thiazole rings is 1. The zero-order chi connectivity index (χ0) is 24.9. The van der Waals surface area contributed by atoms with Crippen LogP contribution in [0.25, 0.3) is 16.0 Å². The summed E-state index contributed by atoms with van der Waals surface area (Å²) in [5.74, 6) is -1.05. The van der Waals surface area contributed by atoms with Crippen molar-refractivity contribution < 1.29 is 19.4 Å². The number of aliphatic hydroxyl groups is 1. The molecule has 6 nitrogen and oxygen atoms in total. The molecule has 0 radical (unpaired) electrons.